The van der Waals surface area contributed by atoms with Crippen molar-refractivity contribution in [2.75, 3.05) is 24.2 Å². The van der Waals surface area contributed by atoms with Gasteiger partial charge in [-0.1, -0.05) is 0 Å². The summed E-state index contributed by atoms with van der Waals surface area (Å²) in [6.07, 6.45) is -1.43. The predicted octanol–water partition coefficient (Wildman–Crippen LogP) is 3.51. The molecule has 152 valence electrons. The summed E-state index contributed by atoms with van der Waals surface area (Å²) in [7, 11) is 1.34. The second-order valence-corrected chi connectivity index (χ2v) is 8.04. The van der Waals surface area contributed by atoms with Gasteiger partial charge in [0.2, 0.25) is 11.9 Å². The second kappa shape index (κ2) is 7.18. The summed E-state index contributed by atoms with van der Waals surface area (Å²) in [5.41, 5.74) is 0.337. The maximum absolute atomic E-state index is 13.0. The number of carbonyl (C=O) groups is 1. The van der Waals surface area contributed by atoms with E-state index in [1.165, 1.54) is 18.4 Å². The highest BCUT2D eigenvalue weighted by Gasteiger charge is 2.37. The molecule has 2 aliphatic rings. The van der Waals surface area contributed by atoms with E-state index in [1.54, 1.807) is 0 Å². The van der Waals surface area contributed by atoms with Crippen LogP contribution in [0.4, 0.5) is 29.9 Å². The summed E-state index contributed by atoms with van der Waals surface area (Å²) < 4.78 is 39.1. The monoisotopic (exact) mass is 422 g/mol. The summed E-state index contributed by atoms with van der Waals surface area (Å²) in [5, 5.41) is 15.4. The number of hydrogen-bond acceptors (Lipinski definition) is 7. The molecule has 1 aliphatic heterocycles. The molecule has 29 heavy (non-hydrogen) atoms. The lowest BCUT2D eigenvalue weighted by atomic mass is 10.0. The second-order valence-electron chi connectivity index (χ2n) is 6.93. The molecule has 0 aromatic carbocycles. The fraction of sp³-hybridized carbons (Fsp3) is 0.444. The van der Waals surface area contributed by atoms with Crippen LogP contribution in [0.25, 0.3) is 0 Å². The SMILES string of the molecule is CNc1nc(Nc2sc3c(c2C#N)CCN(C(=O)C2CC2)C3)ncc1C(F)(F)F. The van der Waals surface area contributed by atoms with E-state index < -0.39 is 11.7 Å². The Hall–Kier alpha value is -2.87. The summed E-state index contributed by atoms with van der Waals surface area (Å²) in [6, 6.07) is 2.16. The molecule has 0 atom stereocenters. The third kappa shape index (κ3) is 3.72. The normalized spacial score (nSPS) is 16.2. The van der Waals surface area contributed by atoms with Gasteiger partial charge in [-0.2, -0.15) is 23.4 Å². The Balaban J connectivity index is 1.60. The van der Waals surface area contributed by atoms with E-state index >= 15 is 0 Å². The quantitative estimate of drug-likeness (QED) is 0.783. The molecule has 7 nitrogen and oxygen atoms in total. The van der Waals surface area contributed by atoms with Crippen LogP contribution in [0.3, 0.4) is 0 Å². The van der Waals surface area contributed by atoms with Gasteiger partial charge >= 0.3 is 6.18 Å². The topological polar surface area (TPSA) is 93.9 Å². The zero-order valence-electron chi connectivity index (χ0n) is 15.4. The van der Waals surface area contributed by atoms with Gasteiger partial charge in [0.1, 0.15) is 22.5 Å². The number of rotatable bonds is 4. The van der Waals surface area contributed by atoms with Crippen molar-refractivity contribution in [3.8, 4) is 6.07 Å². The molecule has 0 spiro atoms. The van der Waals surface area contributed by atoms with Crippen LogP contribution in [0, 0.1) is 17.2 Å². The molecule has 1 aliphatic carbocycles. The number of anilines is 3. The molecule has 4 rings (SSSR count). The molecule has 0 saturated heterocycles. The van der Waals surface area contributed by atoms with Gasteiger partial charge in [-0.05, 0) is 24.8 Å². The van der Waals surface area contributed by atoms with Crippen molar-refractivity contribution in [2.24, 2.45) is 5.92 Å². The number of fused-ring (bicyclic) bond motifs is 1. The molecule has 1 saturated carbocycles. The standard InChI is InChI=1S/C18H17F3N6OS/c1-23-14-12(18(19,20)21)7-24-17(25-14)26-15-11(6-22)10-4-5-27(8-13(10)29-15)16(28)9-2-3-9/h7,9H,2-5,8H2,1H3,(H2,23,24,25,26). The van der Waals surface area contributed by atoms with Gasteiger partial charge < -0.3 is 15.5 Å². The Labute approximate surface area is 168 Å². The maximum atomic E-state index is 13.0. The Kier molecular flexibility index (Phi) is 4.82. The van der Waals surface area contributed by atoms with Gasteiger partial charge in [0.25, 0.3) is 0 Å². The zero-order valence-corrected chi connectivity index (χ0v) is 16.2. The van der Waals surface area contributed by atoms with Crippen LogP contribution in [-0.2, 0) is 23.9 Å². The first-order chi connectivity index (χ1) is 13.8. The van der Waals surface area contributed by atoms with Crippen LogP contribution in [0.15, 0.2) is 6.20 Å². The number of alkyl halides is 3. The lowest BCUT2D eigenvalue weighted by Crippen LogP contribution is -2.36. The lowest BCUT2D eigenvalue weighted by Gasteiger charge is -2.27. The van der Waals surface area contributed by atoms with Crippen molar-refractivity contribution >= 4 is 34.0 Å². The van der Waals surface area contributed by atoms with Gasteiger partial charge in [0.05, 0.1) is 12.1 Å². The van der Waals surface area contributed by atoms with E-state index in [-0.39, 0.29) is 23.6 Å². The van der Waals surface area contributed by atoms with Crippen molar-refractivity contribution in [3.63, 3.8) is 0 Å². The molecular weight excluding hydrogens is 405 g/mol. The minimum atomic E-state index is -4.58. The fourth-order valence-electron chi connectivity index (χ4n) is 3.33. The smallest absolute Gasteiger partial charge is 0.372 e. The summed E-state index contributed by atoms with van der Waals surface area (Å²) >= 11 is 1.31. The highest BCUT2D eigenvalue weighted by Crippen LogP contribution is 2.40. The molecule has 0 bridgehead atoms. The molecule has 1 amide bonds. The molecule has 2 aromatic rings. The van der Waals surface area contributed by atoms with Crippen molar-refractivity contribution < 1.29 is 18.0 Å². The number of aromatic nitrogens is 2. The van der Waals surface area contributed by atoms with E-state index in [4.69, 9.17) is 0 Å². The highest BCUT2D eigenvalue weighted by molar-refractivity contribution is 7.16. The Morgan fingerprint density at radius 3 is 2.79 bits per heavy atom. The maximum Gasteiger partial charge on any atom is 0.421 e. The van der Waals surface area contributed by atoms with Gasteiger partial charge in [-0.3, -0.25) is 4.79 Å². The summed E-state index contributed by atoms with van der Waals surface area (Å²) in [4.78, 5) is 22.7. The average molecular weight is 422 g/mol. The van der Waals surface area contributed by atoms with E-state index in [0.717, 1.165) is 23.3 Å². The fourth-order valence-corrected chi connectivity index (χ4v) is 4.54. The number of thiophene rings is 1. The van der Waals surface area contributed by atoms with Crippen LogP contribution in [0.2, 0.25) is 0 Å². The number of nitrogens with one attached hydrogen (secondary N) is 2. The van der Waals surface area contributed by atoms with Crippen LogP contribution >= 0.6 is 11.3 Å². The summed E-state index contributed by atoms with van der Waals surface area (Å²) in [5.74, 6) is -0.105. The zero-order chi connectivity index (χ0) is 20.8. The van der Waals surface area contributed by atoms with Gasteiger partial charge in [0, 0.05) is 30.6 Å². The van der Waals surface area contributed by atoms with Crippen molar-refractivity contribution in [1.82, 2.24) is 14.9 Å². The van der Waals surface area contributed by atoms with Gasteiger partial charge in [0.15, 0.2) is 0 Å². The number of amides is 1. The molecule has 2 N–H and O–H groups in total. The van der Waals surface area contributed by atoms with E-state index in [0.29, 0.717) is 36.3 Å². The first-order valence-corrected chi connectivity index (χ1v) is 9.86. The van der Waals surface area contributed by atoms with E-state index in [1.807, 2.05) is 4.90 Å². The molecule has 3 heterocycles. The first kappa shape index (κ1) is 19.4. The number of halogens is 3. The molecular formula is C18H17F3N6OS. The van der Waals surface area contributed by atoms with Crippen molar-refractivity contribution in [2.45, 2.75) is 32.0 Å². The number of hydrogen-bond donors (Lipinski definition) is 2. The van der Waals surface area contributed by atoms with Gasteiger partial charge in [-0.15, -0.1) is 11.3 Å². The Morgan fingerprint density at radius 2 is 2.17 bits per heavy atom. The molecule has 0 unspecified atom stereocenters. The predicted molar refractivity (Wildman–Crippen MR) is 101 cm³/mol. The van der Waals surface area contributed by atoms with Crippen molar-refractivity contribution in [3.05, 3.63) is 27.8 Å². The third-order valence-electron chi connectivity index (χ3n) is 4.96. The Morgan fingerprint density at radius 1 is 1.41 bits per heavy atom. The van der Waals surface area contributed by atoms with E-state index in [9.17, 15) is 23.2 Å². The minimum Gasteiger partial charge on any atom is -0.372 e. The third-order valence-corrected chi connectivity index (χ3v) is 6.10. The largest absolute Gasteiger partial charge is 0.421 e. The molecule has 11 heteroatoms. The van der Waals surface area contributed by atoms with E-state index in [2.05, 4.69) is 26.7 Å². The Bertz CT molecular complexity index is 1010. The van der Waals surface area contributed by atoms with Crippen molar-refractivity contribution in [1.29, 1.82) is 5.26 Å². The van der Waals surface area contributed by atoms with Gasteiger partial charge in [-0.25, -0.2) is 4.98 Å². The number of nitriles is 1. The minimum absolute atomic E-state index is 0.0386. The first-order valence-electron chi connectivity index (χ1n) is 9.04. The highest BCUT2D eigenvalue weighted by atomic mass is 32.1. The lowest BCUT2D eigenvalue weighted by molar-refractivity contribution is -0.137. The molecule has 1 fully saturated rings. The molecule has 0 radical (unpaired) electrons. The number of carbonyl (C=O) groups excluding carboxylic acids is 1. The van der Waals surface area contributed by atoms with Crippen LogP contribution in [-0.4, -0.2) is 34.4 Å². The van der Waals surface area contributed by atoms with Crippen LogP contribution in [0.5, 0.6) is 0 Å². The molecule has 2 aromatic heterocycles. The van der Waals surface area contributed by atoms with Crippen LogP contribution in [0.1, 0.15) is 34.4 Å². The number of nitrogens with zero attached hydrogens (tertiary/aromatic N) is 4. The summed E-state index contributed by atoms with van der Waals surface area (Å²) in [6.45, 7) is 1.01. The average Bonchev–Trinajstić information content (AvgIpc) is 3.48. The van der Waals surface area contributed by atoms with Crippen LogP contribution < -0.4 is 10.6 Å².